The molecule has 0 bridgehead atoms. The van der Waals surface area contributed by atoms with Gasteiger partial charge in [0.25, 0.3) is 0 Å². The topological polar surface area (TPSA) is 38.9 Å². The molecule has 0 aliphatic heterocycles. The Labute approximate surface area is 86.1 Å². The number of hydrogen-bond acceptors (Lipinski definition) is 3. The molecular weight excluding hydrogens is 200 g/mol. The third kappa shape index (κ3) is 1.12. The van der Waals surface area contributed by atoms with Crippen LogP contribution in [0.4, 0.5) is 0 Å². The maximum absolute atomic E-state index is 5.96. The van der Waals surface area contributed by atoms with Gasteiger partial charge in [0.15, 0.2) is 17.1 Å². The van der Waals surface area contributed by atoms with Gasteiger partial charge in [-0.25, -0.2) is 4.98 Å². The smallest absolute Gasteiger partial charge is 0.200 e. The van der Waals surface area contributed by atoms with Gasteiger partial charge in [0.1, 0.15) is 0 Å². The maximum Gasteiger partial charge on any atom is 0.200 e. The summed E-state index contributed by atoms with van der Waals surface area (Å²) in [4.78, 5) is 8.45. The summed E-state index contributed by atoms with van der Waals surface area (Å²) in [7, 11) is 0. The standard InChI is InChI=1S/C10H9ClN2O/c11-7-4-5-12-9-8(7)14-10(13-9)6-2-1-3-6/h4-6H,1-3H2. The van der Waals surface area contributed by atoms with E-state index in [0.29, 0.717) is 22.2 Å². The average Bonchev–Trinajstić information content (AvgIpc) is 2.46. The SMILES string of the molecule is Clc1ccnc2nc(C3CCC3)oc12. The van der Waals surface area contributed by atoms with Crippen molar-refractivity contribution in [1.82, 2.24) is 9.97 Å². The minimum Gasteiger partial charge on any atom is -0.437 e. The van der Waals surface area contributed by atoms with Crippen molar-refractivity contribution in [2.45, 2.75) is 25.2 Å². The molecule has 72 valence electrons. The predicted octanol–water partition coefficient (Wildman–Crippen LogP) is 3.14. The third-order valence-corrected chi connectivity index (χ3v) is 3.01. The molecule has 14 heavy (non-hydrogen) atoms. The second-order valence-corrected chi connectivity index (χ2v) is 4.03. The van der Waals surface area contributed by atoms with Crippen LogP contribution in [0.2, 0.25) is 5.02 Å². The Balaban J connectivity index is 2.15. The van der Waals surface area contributed by atoms with Crippen molar-refractivity contribution in [3.05, 3.63) is 23.2 Å². The summed E-state index contributed by atoms with van der Waals surface area (Å²) in [6.45, 7) is 0. The number of fused-ring (bicyclic) bond motifs is 1. The van der Waals surface area contributed by atoms with Crippen molar-refractivity contribution in [1.29, 1.82) is 0 Å². The quantitative estimate of drug-likeness (QED) is 0.723. The lowest BCUT2D eigenvalue weighted by molar-refractivity contribution is 0.344. The van der Waals surface area contributed by atoms with Crippen LogP contribution in [0.1, 0.15) is 31.1 Å². The van der Waals surface area contributed by atoms with Gasteiger partial charge in [-0.3, -0.25) is 0 Å². The molecule has 0 spiro atoms. The van der Waals surface area contributed by atoms with E-state index < -0.39 is 0 Å². The molecule has 3 nitrogen and oxygen atoms in total. The van der Waals surface area contributed by atoms with E-state index in [9.17, 15) is 0 Å². The summed E-state index contributed by atoms with van der Waals surface area (Å²) in [5, 5.41) is 0.591. The molecule has 1 aliphatic rings. The predicted molar refractivity (Wildman–Crippen MR) is 53.4 cm³/mol. The zero-order valence-corrected chi connectivity index (χ0v) is 8.29. The molecule has 2 heterocycles. The molecule has 1 fully saturated rings. The molecule has 0 radical (unpaired) electrons. The van der Waals surface area contributed by atoms with Crippen molar-refractivity contribution >= 4 is 22.8 Å². The fourth-order valence-electron chi connectivity index (χ4n) is 1.65. The van der Waals surface area contributed by atoms with E-state index in [0.717, 1.165) is 5.89 Å². The highest BCUT2D eigenvalue weighted by Crippen LogP contribution is 2.37. The number of oxazole rings is 1. The van der Waals surface area contributed by atoms with Gasteiger partial charge < -0.3 is 4.42 Å². The van der Waals surface area contributed by atoms with E-state index in [4.69, 9.17) is 16.0 Å². The number of pyridine rings is 1. The Morgan fingerprint density at radius 2 is 2.29 bits per heavy atom. The van der Waals surface area contributed by atoms with Crippen molar-refractivity contribution < 1.29 is 4.42 Å². The van der Waals surface area contributed by atoms with E-state index in [2.05, 4.69) is 9.97 Å². The number of aromatic nitrogens is 2. The fourth-order valence-corrected chi connectivity index (χ4v) is 1.83. The number of nitrogens with zero attached hydrogens (tertiary/aromatic N) is 2. The molecule has 2 aromatic rings. The van der Waals surface area contributed by atoms with Gasteiger partial charge in [-0.05, 0) is 18.9 Å². The fraction of sp³-hybridized carbons (Fsp3) is 0.400. The zero-order valence-electron chi connectivity index (χ0n) is 7.53. The van der Waals surface area contributed by atoms with Crippen LogP contribution in [0.15, 0.2) is 16.7 Å². The van der Waals surface area contributed by atoms with Crippen LogP contribution in [0, 0.1) is 0 Å². The molecule has 4 heteroatoms. The largest absolute Gasteiger partial charge is 0.437 e. The Hall–Kier alpha value is -1.09. The average molecular weight is 209 g/mol. The zero-order chi connectivity index (χ0) is 9.54. The number of hydrogen-bond donors (Lipinski definition) is 0. The van der Waals surface area contributed by atoms with Gasteiger partial charge >= 0.3 is 0 Å². The van der Waals surface area contributed by atoms with Crippen LogP contribution in [0.5, 0.6) is 0 Å². The van der Waals surface area contributed by atoms with Gasteiger partial charge in [-0.2, -0.15) is 4.98 Å². The molecule has 0 aromatic carbocycles. The summed E-state index contributed by atoms with van der Waals surface area (Å²) in [6, 6.07) is 1.72. The summed E-state index contributed by atoms with van der Waals surface area (Å²) in [6.07, 6.45) is 5.26. The Kier molecular flexibility index (Phi) is 1.74. The normalized spacial score (nSPS) is 17.2. The van der Waals surface area contributed by atoms with Crippen molar-refractivity contribution in [2.24, 2.45) is 0 Å². The lowest BCUT2D eigenvalue weighted by atomic mass is 9.85. The second kappa shape index (κ2) is 2.95. The molecule has 0 amide bonds. The maximum atomic E-state index is 5.96. The monoisotopic (exact) mass is 208 g/mol. The van der Waals surface area contributed by atoms with Crippen LogP contribution >= 0.6 is 11.6 Å². The highest BCUT2D eigenvalue weighted by molar-refractivity contribution is 6.34. The van der Waals surface area contributed by atoms with E-state index in [1.807, 2.05) is 0 Å². The first-order chi connectivity index (χ1) is 6.84. The Bertz CT molecular complexity index is 476. The van der Waals surface area contributed by atoms with Gasteiger partial charge in [0, 0.05) is 12.1 Å². The van der Waals surface area contributed by atoms with E-state index in [1.165, 1.54) is 19.3 Å². The van der Waals surface area contributed by atoms with Gasteiger partial charge in [-0.15, -0.1) is 0 Å². The van der Waals surface area contributed by atoms with Gasteiger partial charge in [0.2, 0.25) is 0 Å². The molecule has 0 atom stereocenters. The Morgan fingerprint density at radius 3 is 2.93 bits per heavy atom. The van der Waals surface area contributed by atoms with Crippen molar-refractivity contribution in [3.8, 4) is 0 Å². The van der Waals surface area contributed by atoms with E-state index in [1.54, 1.807) is 12.3 Å². The van der Waals surface area contributed by atoms with Crippen molar-refractivity contribution in [2.75, 3.05) is 0 Å². The Morgan fingerprint density at radius 1 is 1.43 bits per heavy atom. The summed E-state index contributed by atoms with van der Waals surface area (Å²) in [5.74, 6) is 1.28. The van der Waals surface area contributed by atoms with Crippen LogP contribution in [0.3, 0.4) is 0 Å². The lowest BCUT2D eigenvalue weighted by Crippen LogP contribution is -2.08. The molecular formula is C10H9ClN2O. The van der Waals surface area contributed by atoms with Crippen LogP contribution in [-0.2, 0) is 0 Å². The number of rotatable bonds is 1. The molecule has 0 unspecified atom stereocenters. The number of halogens is 1. The molecule has 0 saturated heterocycles. The van der Waals surface area contributed by atoms with E-state index in [-0.39, 0.29) is 0 Å². The van der Waals surface area contributed by atoms with Crippen LogP contribution in [-0.4, -0.2) is 9.97 Å². The minimum atomic E-state index is 0.486. The van der Waals surface area contributed by atoms with E-state index >= 15 is 0 Å². The first kappa shape index (κ1) is 8.24. The highest BCUT2D eigenvalue weighted by Gasteiger charge is 2.25. The minimum absolute atomic E-state index is 0.486. The highest BCUT2D eigenvalue weighted by atomic mass is 35.5. The summed E-state index contributed by atoms with van der Waals surface area (Å²) >= 11 is 5.96. The van der Waals surface area contributed by atoms with Crippen LogP contribution in [0.25, 0.3) is 11.2 Å². The van der Waals surface area contributed by atoms with Crippen molar-refractivity contribution in [3.63, 3.8) is 0 Å². The molecule has 2 aromatic heterocycles. The first-order valence-corrected chi connectivity index (χ1v) is 5.13. The van der Waals surface area contributed by atoms with Gasteiger partial charge in [-0.1, -0.05) is 18.0 Å². The molecule has 1 saturated carbocycles. The van der Waals surface area contributed by atoms with Gasteiger partial charge in [0.05, 0.1) is 5.02 Å². The third-order valence-electron chi connectivity index (χ3n) is 2.71. The summed E-state index contributed by atoms with van der Waals surface area (Å²) in [5.41, 5.74) is 1.25. The van der Waals surface area contributed by atoms with Crippen LogP contribution < -0.4 is 0 Å². The summed E-state index contributed by atoms with van der Waals surface area (Å²) < 4.78 is 5.60. The molecule has 3 rings (SSSR count). The molecule has 1 aliphatic carbocycles. The lowest BCUT2D eigenvalue weighted by Gasteiger charge is -2.21. The first-order valence-electron chi connectivity index (χ1n) is 4.75. The second-order valence-electron chi connectivity index (χ2n) is 3.63. The molecule has 0 N–H and O–H groups in total.